The molecule has 28 heavy (non-hydrogen) atoms. The Morgan fingerprint density at radius 1 is 0.929 bits per heavy atom. The fourth-order valence-corrected chi connectivity index (χ4v) is 3.45. The Morgan fingerprint density at radius 3 is 2.39 bits per heavy atom. The molecule has 0 radical (unpaired) electrons. The SMILES string of the molecule is O=C(NCC(=O)N1CCN(Cc2ccccc2)CC1)c1cc2ccccc2o1. The van der Waals surface area contributed by atoms with Crippen LogP contribution in [-0.4, -0.2) is 54.3 Å². The molecule has 4 rings (SSSR count). The molecule has 144 valence electrons. The summed E-state index contributed by atoms with van der Waals surface area (Å²) in [6.45, 7) is 3.88. The van der Waals surface area contributed by atoms with Crippen molar-refractivity contribution in [2.24, 2.45) is 0 Å². The minimum absolute atomic E-state index is 0.0193. The van der Waals surface area contributed by atoms with Crippen LogP contribution in [0.4, 0.5) is 0 Å². The van der Waals surface area contributed by atoms with Crippen LogP contribution < -0.4 is 5.32 Å². The van der Waals surface area contributed by atoms with Crippen molar-refractivity contribution in [3.8, 4) is 0 Å². The molecule has 0 saturated carbocycles. The Morgan fingerprint density at radius 2 is 1.64 bits per heavy atom. The predicted molar refractivity (Wildman–Crippen MR) is 107 cm³/mol. The van der Waals surface area contributed by atoms with Crippen LogP contribution in [0.25, 0.3) is 11.0 Å². The summed E-state index contributed by atoms with van der Waals surface area (Å²) in [4.78, 5) is 28.9. The molecule has 1 saturated heterocycles. The molecule has 2 aromatic carbocycles. The highest BCUT2D eigenvalue weighted by molar-refractivity contribution is 5.97. The van der Waals surface area contributed by atoms with Crippen molar-refractivity contribution in [1.82, 2.24) is 15.1 Å². The van der Waals surface area contributed by atoms with E-state index in [0.717, 1.165) is 25.0 Å². The van der Waals surface area contributed by atoms with Crippen LogP contribution in [0.15, 0.2) is 65.1 Å². The number of fused-ring (bicyclic) bond motifs is 1. The maximum absolute atomic E-state index is 12.4. The van der Waals surface area contributed by atoms with Gasteiger partial charge in [-0.3, -0.25) is 14.5 Å². The second-order valence-corrected chi connectivity index (χ2v) is 6.97. The van der Waals surface area contributed by atoms with Gasteiger partial charge in [-0.1, -0.05) is 48.5 Å². The monoisotopic (exact) mass is 377 g/mol. The van der Waals surface area contributed by atoms with Gasteiger partial charge in [-0.15, -0.1) is 0 Å². The lowest BCUT2D eigenvalue weighted by Gasteiger charge is -2.34. The summed E-state index contributed by atoms with van der Waals surface area (Å²) in [5, 5.41) is 3.54. The van der Waals surface area contributed by atoms with Gasteiger partial charge in [-0.05, 0) is 17.7 Å². The average Bonchev–Trinajstić information content (AvgIpc) is 3.17. The van der Waals surface area contributed by atoms with Gasteiger partial charge >= 0.3 is 0 Å². The third kappa shape index (κ3) is 4.23. The van der Waals surface area contributed by atoms with Gasteiger partial charge in [-0.2, -0.15) is 0 Å². The number of carbonyl (C=O) groups is 2. The maximum atomic E-state index is 12.4. The van der Waals surface area contributed by atoms with Crippen LogP contribution in [0.2, 0.25) is 0 Å². The summed E-state index contributed by atoms with van der Waals surface area (Å²) in [6.07, 6.45) is 0. The Kier molecular flexibility index (Phi) is 5.39. The first-order valence-electron chi connectivity index (χ1n) is 9.50. The summed E-state index contributed by atoms with van der Waals surface area (Å²) in [5.74, 6) is -0.210. The number of nitrogens with zero attached hydrogens (tertiary/aromatic N) is 2. The predicted octanol–water partition coefficient (Wildman–Crippen LogP) is 2.51. The Labute approximate surface area is 163 Å². The molecule has 6 nitrogen and oxygen atoms in total. The first-order chi connectivity index (χ1) is 13.7. The molecule has 0 aliphatic carbocycles. The summed E-state index contributed by atoms with van der Waals surface area (Å²) in [5.41, 5.74) is 1.94. The van der Waals surface area contributed by atoms with Crippen LogP contribution in [0, 0.1) is 0 Å². The van der Waals surface area contributed by atoms with E-state index in [4.69, 9.17) is 4.42 Å². The van der Waals surface area contributed by atoms with Crippen LogP contribution in [0.1, 0.15) is 16.1 Å². The van der Waals surface area contributed by atoms with E-state index in [9.17, 15) is 9.59 Å². The Balaban J connectivity index is 1.25. The van der Waals surface area contributed by atoms with Gasteiger partial charge in [0.2, 0.25) is 5.91 Å². The molecule has 0 spiro atoms. The summed E-state index contributed by atoms with van der Waals surface area (Å²) in [7, 11) is 0. The third-order valence-corrected chi connectivity index (χ3v) is 5.02. The standard InChI is InChI=1S/C22H23N3O3/c26-21(15-23-22(27)20-14-18-8-4-5-9-19(18)28-20)25-12-10-24(11-13-25)16-17-6-2-1-3-7-17/h1-9,14H,10-13,15-16H2,(H,23,27). The minimum Gasteiger partial charge on any atom is -0.451 e. The molecule has 2 amide bonds. The number of furan rings is 1. The fourth-order valence-electron chi connectivity index (χ4n) is 3.45. The minimum atomic E-state index is -0.368. The molecule has 0 bridgehead atoms. The van der Waals surface area contributed by atoms with E-state index in [-0.39, 0.29) is 24.1 Å². The molecule has 1 fully saturated rings. The second-order valence-electron chi connectivity index (χ2n) is 6.97. The van der Waals surface area contributed by atoms with E-state index in [0.29, 0.717) is 18.7 Å². The van der Waals surface area contributed by atoms with E-state index in [1.165, 1.54) is 5.56 Å². The van der Waals surface area contributed by atoms with E-state index < -0.39 is 0 Å². The Hall–Kier alpha value is -3.12. The van der Waals surface area contributed by atoms with Crippen molar-refractivity contribution in [2.75, 3.05) is 32.7 Å². The van der Waals surface area contributed by atoms with Crippen molar-refractivity contribution in [3.05, 3.63) is 72.0 Å². The van der Waals surface area contributed by atoms with Crippen molar-refractivity contribution in [3.63, 3.8) is 0 Å². The molecule has 1 aliphatic heterocycles. The zero-order valence-electron chi connectivity index (χ0n) is 15.6. The topological polar surface area (TPSA) is 65.8 Å². The van der Waals surface area contributed by atoms with E-state index in [1.807, 2.05) is 42.5 Å². The highest BCUT2D eigenvalue weighted by Gasteiger charge is 2.22. The lowest BCUT2D eigenvalue weighted by atomic mass is 10.2. The highest BCUT2D eigenvalue weighted by Crippen LogP contribution is 2.18. The Bertz CT molecular complexity index is 926. The number of carbonyl (C=O) groups excluding carboxylic acids is 2. The van der Waals surface area contributed by atoms with Crippen LogP contribution in [0.5, 0.6) is 0 Å². The van der Waals surface area contributed by atoms with Gasteiger partial charge in [0.15, 0.2) is 5.76 Å². The smallest absolute Gasteiger partial charge is 0.287 e. The van der Waals surface area contributed by atoms with Crippen molar-refractivity contribution < 1.29 is 14.0 Å². The summed E-state index contributed by atoms with van der Waals surface area (Å²) < 4.78 is 5.53. The number of nitrogens with one attached hydrogen (secondary N) is 1. The molecule has 6 heteroatoms. The summed E-state index contributed by atoms with van der Waals surface area (Å²) >= 11 is 0. The number of amides is 2. The first kappa shape index (κ1) is 18.3. The van der Waals surface area contributed by atoms with Crippen LogP contribution in [-0.2, 0) is 11.3 Å². The molecule has 1 N–H and O–H groups in total. The van der Waals surface area contributed by atoms with Crippen molar-refractivity contribution in [1.29, 1.82) is 0 Å². The van der Waals surface area contributed by atoms with Crippen LogP contribution in [0.3, 0.4) is 0 Å². The van der Waals surface area contributed by atoms with Gasteiger partial charge in [0.1, 0.15) is 5.58 Å². The lowest BCUT2D eigenvalue weighted by molar-refractivity contribution is -0.131. The maximum Gasteiger partial charge on any atom is 0.287 e. The van der Waals surface area contributed by atoms with Gasteiger partial charge in [-0.25, -0.2) is 0 Å². The fraction of sp³-hybridized carbons (Fsp3) is 0.273. The quantitative estimate of drug-likeness (QED) is 0.742. The van der Waals surface area contributed by atoms with Gasteiger partial charge in [0.05, 0.1) is 6.54 Å². The zero-order chi connectivity index (χ0) is 19.3. The average molecular weight is 377 g/mol. The van der Waals surface area contributed by atoms with E-state index in [1.54, 1.807) is 11.0 Å². The molecule has 1 aliphatic rings. The molecule has 2 heterocycles. The van der Waals surface area contributed by atoms with Gasteiger partial charge < -0.3 is 14.6 Å². The number of piperazine rings is 1. The normalized spacial score (nSPS) is 14.9. The number of rotatable bonds is 5. The molecule has 1 aromatic heterocycles. The molecular formula is C22H23N3O3. The summed E-state index contributed by atoms with van der Waals surface area (Å²) in [6, 6.07) is 19.5. The number of hydrogen-bond donors (Lipinski definition) is 1. The van der Waals surface area contributed by atoms with Gasteiger partial charge in [0.25, 0.3) is 5.91 Å². The number of benzene rings is 2. The highest BCUT2D eigenvalue weighted by atomic mass is 16.3. The molecule has 0 unspecified atom stereocenters. The lowest BCUT2D eigenvalue weighted by Crippen LogP contribution is -2.50. The largest absolute Gasteiger partial charge is 0.451 e. The first-order valence-corrected chi connectivity index (χ1v) is 9.50. The molecular weight excluding hydrogens is 354 g/mol. The molecule has 0 atom stereocenters. The third-order valence-electron chi connectivity index (χ3n) is 5.02. The zero-order valence-corrected chi connectivity index (χ0v) is 15.6. The van der Waals surface area contributed by atoms with Crippen molar-refractivity contribution >= 4 is 22.8 Å². The second kappa shape index (κ2) is 8.27. The number of para-hydroxylation sites is 1. The van der Waals surface area contributed by atoms with Gasteiger partial charge in [0, 0.05) is 38.1 Å². The number of hydrogen-bond acceptors (Lipinski definition) is 4. The molecule has 3 aromatic rings. The van der Waals surface area contributed by atoms with Crippen molar-refractivity contribution in [2.45, 2.75) is 6.54 Å². The van der Waals surface area contributed by atoms with E-state index in [2.05, 4.69) is 22.3 Å². The van der Waals surface area contributed by atoms with Crippen LogP contribution >= 0.6 is 0 Å². The van der Waals surface area contributed by atoms with E-state index >= 15 is 0 Å².